The summed E-state index contributed by atoms with van der Waals surface area (Å²) in [5.74, 6) is 1.24. The molecule has 0 aliphatic carbocycles. The Morgan fingerprint density at radius 2 is 2.10 bits per heavy atom. The van der Waals surface area contributed by atoms with Gasteiger partial charge in [0.2, 0.25) is 10.0 Å². The monoisotopic (exact) mass is 316 g/mol. The van der Waals surface area contributed by atoms with Gasteiger partial charge in [-0.1, -0.05) is 26.0 Å². The summed E-state index contributed by atoms with van der Waals surface area (Å²) in [6.07, 6.45) is 2.70. The van der Waals surface area contributed by atoms with E-state index >= 15 is 0 Å². The molecule has 1 unspecified atom stereocenters. The summed E-state index contributed by atoms with van der Waals surface area (Å²) in [5, 5.41) is 0. The van der Waals surface area contributed by atoms with Gasteiger partial charge >= 0.3 is 0 Å². The zero-order valence-electron chi connectivity index (χ0n) is 12.3. The lowest BCUT2D eigenvalue weighted by atomic mass is 10.1. The number of nitrogens with two attached hydrogens (primary N) is 1. The van der Waals surface area contributed by atoms with Crippen molar-refractivity contribution in [3.05, 3.63) is 29.3 Å². The number of nitrogens with one attached hydrogen (secondary N) is 1. The number of aryl methyl sites for hydroxylation is 1. The molecule has 114 valence electrons. The minimum atomic E-state index is -3.46. The van der Waals surface area contributed by atoms with E-state index in [0.717, 1.165) is 16.9 Å². The minimum Gasteiger partial charge on any atom is -0.326 e. The number of hydrogen-bond donors (Lipinski definition) is 2. The second-order valence-electron chi connectivity index (χ2n) is 4.91. The Kier molecular flexibility index (Phi) is 7.02. The lowest BCUT2D eigenvalue weighted by molar-refractivity contribution is 0.561. The van der Waals surface area contributed by atoms with Gasteiger partial charge in [-0.2, -0.15) is 11.8 Å². The molecule has 0 saturated heterocycles. The lowest BCUT2D eigenvalue weighted by Gasteiger charge is -2.14. The fourth-order valence-electron chi connectivity index (χ4n) is 1.94. The smallest absolute Gasteiger partial charge is 0.240 e. The number of rotatable bonds is 8. The van der Waals surface area contributed by atoms with E-state index in [0.29, 0.717) is 30.3 Å². The molecule has 3 N–H and O–H groups in total. The Hall–Kier alpha value is -0.560. The van der Waals surface area contributed by atoms with Crippen LogP contribution in [0.1, 0.15) is 25.0 Å². The Bertz CT molecular complexity index is 530. The van der Waals surface area contributed by atoms with E-state index in [1.807, 2.05) is 32.2 Å². The van der Waals surface area contributed by atoms with Gasteiger partial charge in [-0.3, -0.25) is 0 Å². The molecule has 0 radical (unpaired) electrons. The molecule has 0 aliphatic rings. The Balaban J connectivity index is 2.96. The van der Waals surface area contributed by atoms with Crippen molar-refractivity contribution in [2.75, 3.05) is 18.6 Å². The molecule has 0 aliphatic heterocycles. The van der Waals surface area contributed by atoms with Crippen LogP contribution in [0.15, 0.2) is 23.1 Å². The summed E-state index contributed by atoms with van der Waals surface area (Å²) in [6.45, 7) is 4.79. The summed E-state index contributed by atoms with van der Waals surface area (Å²) in [6, 6.07) is 5.41. The molecular formula is C14H24N2O2S2. The van der Waals surface area contributed by atoms with Crippen LogP contribution in [0.4, 0.5) is 0 Å². The van der Waals surface area contributed by atoms with Crippen molar-refractivity contribution >= 4 is 21.8 Å². The molecule has 6 heteroatoms. The first-order valence-corrected chi connectivity index (χ1v) is 9.62. The standard InChI is InChI=1S/C14H24N2O2S2/c1-4-13-6-5-12(8-15)7-14(13)20(17,18)16-9-11(2)10-19-3/h5-7,11,16H,4,8-10,15H2,1-3H3. The van der Waals surface area contributed by atoms with Crippen molar-refractivity contribution in [3.8, 4) is 0 Å². The van der Waals surface area contributed by atoms with Gasteiger partial charge in [0, 0.05) is 13.1 Å². The average molecular weight is 316 g/mol. The molecule has 1 atom stereocenters. The molecule has 0 aromatic heterocycles. The summed E-state index contributed by atoms with van der Waals surface area (Å²) in [5.41, 5.74) is 7.26. The van der Waals surface area contributed by atoms with E-state index in [1.54, 1.807) is 17.8 Å². The van der Waals surface area contributed by atoms with E-state index < -0.39 is 10.0 Å². The maximum atomic E-state index is 12.4. The van der Waals surface area contributed by atoms with Gasteiger partial charge in [0.25, 0.3) is 0 Å². The van der Waals surface area contributed by atoms with Crippen LogP contribution in [0.25, 0.3) is 0 Å². The molecule has 0 saturated carbocycles. The summed E-state index contributed by atoms with van der Waals surface area (Å²) in [4.78, 5) is 0.360. The molecule has 4 nitrogen and oxygen atoms in total. The first kappa shape index (κ1) is 17.5. The van der Waals surface area contributed by atoms with E-state index in [-0.39, 0.29) is 0 Å². The summed E-state index contributed by atoms with van der Waals surface area (Å²) < 4.78 is 27.6. The first-order chi connectivity index (χ1) is 9.44. The average Bonchev–Trinajstić information content (AvgIpc) is 2.45. The van der Waals surface area contributed by atoms with Crippen molar-refractivity contribution in [1.29, 1.82) is 0 Å². The molecule has 1 aromatic rings. The van der Waals surface area contributed by atoms with E-state index in [9.17, 15) is 8.42 Å². The van der Waals surface area contributed by atoms with Crippen molar-refractivity contribution in [3.63, 3.8) is 0 Å². The van der Waals surface area contributed by atoms with E-state index in [2.05, 4.69) is 4.72 Å². The molecule has 0 spiro atoms. The molecule has 20 heavy (non-hydrogen) atoms. The van der Waals surface area contributed by atoms with Crippen LogP contribution in [0.5, 0.6) is 0 Å². The molecule has 1 rings (SSSR count). The lowest BCUT2D eigenvalue weighted by Crippen LogP contribution is -2.30. The zero-order chi connectivity index (χ0) is 15.2. The molecule has 0 bridgehead atoms. The molecule has 0 amide bonds. The van der Waals surface area contributed by atoms with Crippen LogP contribution in [0, 0.1) is 5.92 Å². The minimum absolute atomic E-state index is 0.308. The highest BCUT2D eigenvalue weighted by Gasteiger charge is 2.19. The summed E-state index contributed by atoms with van der Waals surface area (Å²) >= 11 is 1.72. The first-order valence-electron chi connectivity index (χ1n) is 6.75. The predicted molar refractivity (Wildman–Crippen MR) is 86.4 cm³/mol. The highest BCUT2D eigenvalue weighted by Crippen LogP contribution is 2.19. The van der Waals surface area contributed by atoms with Crippen LogP contribution in [0.2, 0.25) is 0 Å². The largest absolute Gasteiger partial charge is 0.326 e. The van der Waals surface area contributed by atoms with Crippen LogP contribution in [0.3, 0.4) is 0 Å². The van der Waals surface area contributed by atoms with Crippen LogP contribution in [-0.2, 0) is 23.0 Å². The Morgan fingerprint density at radius 3 is 2.65 bits per heavy atom. The van der Waals surface area contributed by atoms with E-state index in [1.165, 1.54) is 0 Å². The molecular weight excluding hydrogens is 292 g/mol. The second-order valence-corrected chi connectivity index (χ2v) is 7.56. The Labute approximate surface area is 126 Å². The van der Waals surface area contributed by atoms with Gasteiger partial charge in [0.15, 0.2) is 0 Å². The van der Waals surface area contributed by atoms with E-state index in [4.69, 9.17) is 5.73 Å². The number of benzene rings is 1. The third-order valence-electron chi connectivity index (χ3n) is 3.11. The SMILES string of the molecule is CCc1ccc(CN)cc1S(=O)(=O)NCC(C)CSC. The topological polar surface area (TPSA) is 72.2 Å². The summed E-state index contributed by atoms with van der Waals surface area (Å²) in [7, 11) is -3.46. The third-order valence-corrected chi connectivity index (χ3v) is 5.52. The number of thioether (sulfide) groups is 1. The zero-order valence-corrected chi connectivity index (χ0v) is 14.0. The van der Waals surface area contributed by atoms with Crippen molar-refractivity contribution in [2.24, 2.45) is 11.7 Å². The van der Waals surface area contributed by atoms with Crippen molar-refractivity contribution in [2.45, 2.75) is 31.7 Å². The van der Waals surface area contributed by atoms with Gasteiger partial charge in [-0.05, 0) is 41.5 Å². The van der Waals surface area contributed by atoms with Gasteiger partial charge in [-0.15, -0.1) is 0 Å². The van der Waals surface area contributed by atoms with Crippen LogP contribution < -0.4 is 10.5 Å². The highest BCUT2D eigenvalue weighted by atomic mass is 32.2. The molecule has 0 fully saturated rings. The molecule has 0 heterocycles. The quantitative estimate of drug-likeness (QED) is 0.769. The van der Waals surface area contributed by atoms with Crippen LogP contribution >= 0.6 is 11.8 Å². The van der Waals surface area contributed by atoms with Crippen LogP contribution in [-0.4, -0.2) is 27.0 Å². The van der Waals surface area contributed by atoms with Gasteiger partial charge in [0.1, 0.15) is 0 Å². The van der Waals surface area contributed by atoms with Gasteiger partial charge < -0.3 is 5.73 Å². The van der Waals surface area contributed by atoms with Crippen molar-refractivity contribution in [1.82, 2.24) is 4.72 Å². The fraction of sp³-hybridized carbons (Fsp3) is 0.571. The molecule has 1 aromatic carbocycles. The Morgan fingerprint density at radius 1 is 1.40 bits per heavy atom. The van der Waals surface area contributed by atoms with Gasteiger partial charge in [-0.25, -0.2) is 13.1 Å². The predicted octanol–water partition coefficient (Wildman–Crippen LogP) is 1.99. The van der Waals surface area contributed by atoms with Gasteiger partial charge in [0.05, 0.1) is 4.90 Å². The highest BCUT2D eigenvalue weighted by molar-refractivity contribution is 7.98. The second kappa shape index (κ2) is 8.02. The normalized spacial score (nSPS) is 13.4. The number of hydrogen-bond acceptors (Lipinski definition) is 4. The third kappa shape index (κ3) is 4.77. The number of sulfonamides is 1. The van der Waals surface area contributed by atoms with Crippen molar-refractivity contribution < 1.29 is 8.42 Å². The fourth-order valence-corrected chi connectivity index (χ4v) is 4.15. The maximum Gasteiger partial charge on any atom is 0.240 e. The maximum absolute atomic E-state index is 12.4.